The smallest absolute Gasteiger partial charge is 0.262 e. The van der Waals surface area contributed by atoms with Crippen molar-refractivity contribution in [2.45, 2.75) is 6.54 Å². The van der Waals surface area contributed by atoms with Gasteiger partial charge in [0.25, 0.3) is 5.91 Å². The summed E-state index contributed by atoms with van der Waals surface area (Å²) >= 11 is 7.10. The molecule has 0 atom stereocenters. The van der Waals surface area contributed by atoms with E-state index in [-0.39, 0.29) is 12.5 Å². The highest BCUT2D eigenvalue weighted by atomic mass is 79.9. The Bertz CT molecular complexity index is 1210. The SMILES string of the molecule is O=C(COc1c(Br)cc(CNc2ccc(Oc3ccccc3)cc2)cc1Br)Nc1ccccc1. The van der Waals surface area contributed by atoms with E-state index in [1.807, 2.05) is 97.1 Å². The second-order valence-corrected chi connectivity index (χ2v) is 9.09. The van der Waals surface area contributed by atoms with Crippen LogP contribution in [0.2, 0.25) is 0 Å². The first-order chi connectivity index (χ1) is 16.6. The number of anilines is 2. The predicted octanol–water partition coefficient (Wildman–Crippen LogP) is 7.63. The summed E-state index contributed by atoms with van der Waals surface area (Å²) < 4.78 is 13.1. The van der Waals surface area contributed by atoms with Gasteiger partial charge in [-0.3, -0.25) is 4.79 Å². The van der Waals surface area contributed by atoms with Crippen molar-refractivity contribution in [1.29, 1.82) is 0 Å². The van der Waals surface area contributed by atoms with E-state index in [1.54, 1.807) is 0 Å². The monoisotopic (exact) mass is 580 g/mol. The number of carbonyl (C=O) groups is 1. The van der Waals surface area contributed by atoms with Gasteiger partial charge in [0, 0.05) is 17.9 Å². The lowest BCUT2D eigenvalue weighted by molar-refractivity contribution is -0.118. The number of nitrogens with one attached hydrogen (secondary N) is 2. The van der Waals surface area contributed by atoms with Crippen LogP contribution in [0.25, 0.3) is 0 Å². The van der Waals surface area contributed by atoms with Gasteiger partial charge in [-0.1, -0.05) is 36.4 Å². The third-order valence-corrected chi connectivity index (χ3v) is 5.97. The Morgan fingerprint density at radius 3 is 1.97 bits per heavy atom. The van der Waals surface area contributed by atoms with Gasteiger partial charge in [-0.15, -0.1) is 0 Å². The molecule has 0 aromatic heterocycles. The number of benzene rings is 4. The lowest BCUT2D eigenvalue weighted by Gasteiger charge is -2.13. The second kappa shape index (κ2) is 11.7. The number of para-hydroxylation sites is 2. The Balaban J connectivity index is 1.30. The molecule has 0 aliphatic heterocycles. The van der Waals surface area contributed by atoms with Gasteiger partial charge >= 0.3 is 0 Å². The molecule has 1 amide bonds. The highest BCUT2D eigenvalue weighted by Crippen LogP contribution is 2.35. The Morgan fingerprint density at radius 1 is 0.735 bits per heavy atom. The molecule has 0 radical (unpaired) electrons. The lowest BCUT2D eigenvalue weighted by Crippen LogP contribution is -2.20. The molecule has 172 valence electrons. The van der Waals surface area contributed by atoms with Crippen LogP contribution in [0.1, 0.15) is 5.56 Å². The molecule has 5 nitrogen and oxygen atoms in total. The maximum atomic E-state index is 12.2. The predicted molar refractivity (Wildman–Crippen MR) is 143 cm³/mol. The average molecular weight is 582 g/mol. The molecule has 0 fully saturated rings. The zero-order valence-electron chi connectivity index (χ0n) is 18.1. The Morgan fingerprint density at radius 2 is 1.32 bits per heavy atom. The van der Waals surface area contributed by atoms with Crippen LogP contribution in [-0.2, 0) is 11.3 Å². The summed E-state index contributed by atoms with van der Waals surface area (Å²) in [6.45, 7) is 0.520. The van der Waals surface area contributed by atoms with E-state index >= 15 is 0 Å². The van der Waals surface area contributed by atoms with Crippen LogP contribution in [-0.4, -0.2) is 12.5 Å². The quantitative estimate of drug-likeness (QED) is 0.213. The average Bonchev–Trinajstić information content (AvgIpc) is 2.84. The van der Waals surface area contributed by atoms with Gasteiger partial charge in [-0.05, 0) is 98.1 Å². The van der Waals surface area contributed by atoms with Crippen LogP contribution in [0, 0.1) is 0 Å². The summed E-state index contributed by atoms with van der Waals surface area (Å²) in [5.74, 6) is 1.93. The van der Waals surface area contributed by atoms with E-state index < -0.39 is 0 Å². The Labute approximate surface area is 215 Å². The van der Waals surface area contributed by atoms with E-state index in [9.17, 15) is 4.79 Å². The zero-order chi connectivity index (χ0) is 23.8. The van der Waals surface area contributed by atoms with Gasteiger partial charge in [0.15, 0.2) is 6.61 Å². The molecule has 0 heterocycles. The third-order valence-electron chi connectivity index (χ3n) is 4.79. The minimum absolute atomic E-state index is 0.0961. The maximum Gasteiger partial charge on any atom is 0.262 e. The fourth-order valence-electron chi connectivity index (χ4n) is 3.18. The molecular weight excluding hydrogens is 560 g/mol. The molecule has 2 N–H and O–H groups in total. The Kier molecular flexibility index (Phi) is 8.22. The maximum absolute atomic E-state index is 12.2. The number of halogens is 2. The van der Waals surface area contributed by atoms with Crippen molar-refractivity contribution in [2.24, 2.45) is 0 Å². The van der Waals surface area contributed by atoms with E-state index in [4.69, 9.17) is 9.47 Å². The molecule has 4 aromatic carbocycles. The molecule has 0 aliphatic rings. The molecule has 4 aromatic rings. The summed E-state index contributed by atoms with van der Waals surface area (Å²) in [6, 6.07) is 30.7. The van der Waals surface area contributed by atoms with Crippen LogP contribution in [0.4, 0.5) is 11.4 Å². The summed E-state index contributed by atoms with van der Waals surface area (Å²) in [4.78, 5) is 12.2. The van der Waals surface area contributed by atoms with Crippen LogP contribution >= 0.6 is 31.9 Å². The molecule has 0 bridgehead atoms. The molecule has 0 saturated carbocycles. The van der Waals surface area contributed by atoms with Crippen molar-refractivity contribution < 1.29 is 14.3 Å². The van der Waals surface area contributed by atoms with Crippen molar-refractivity contribution in [2.75, 3.05) is 17.2 Å². The van der Waals surface area contributed by atoms with Crippen LogP contribution in [0.3, 0.4) is 0 Å². The molecular formula is C27H22Br2N2O3. The van der Waals surface area contributed by atoms with Crippen LogP contribution in [0.15, 0.2) is 106 Å². The van der Waals surface area contributed by atoms with Gasteiger partial charge in [0.2, 0.25) is 0 Å². The fraction of sp³-hybridized carbons (Fsp3) is 0.0741. The van der Waals surface area contributed by atoms with Crippen molar-refractivity contribution in [3.8, 4) is 17.2 Å². The number of ether oxygens (including phenoxy) is 2. The van der Waals surface area contributed by atoms with Crippen molar-refractivity contribution in [3.63, 3.8) is 0 Å². The first-order valence-electron chi connectivity index (χ1n) is 10.6. The van der Waals surface area contributed by atoms with Crippen molar-refractivity contribution >= 4 is 49.1 Å². The molecule has 0 spiro atoms. The molecule has 4 rings (SSSR count). The zero-order valence-corrected chi connectivity index (χ0v) is 21.3. The van der Waals surface area contributed by atoms with Gasteiger partial charge < -0.3 is 20.1 Å². The van der Waals surface area contributed by atoms with Crippen molar-refractivity contribution in [1.82, 2.24) is 0 Å². The molecule has 0 unspecified atom stereocenters. The lowest BCUT2D eigenvalue weighted by atomic mass is 10.2. The van der Waals surface area contributed by atoms with E-state index in [0.29, 0.717) is 12.3 Å². The van der Waals surface area contributed by atoms with Gasteiger partial charge in [-0.2, -0.15) is 0 Å². The highest BCUT2D eigenvalue weighted by molar-refractivity contribution is 9.11. The van der Waals surface area contributed by atoms with Gasteiger partial charge in [0.1, 0.15) is 17.2 Å². The number of carbonyl (C=O) groups excluding carboxylic acids is 1. The summed E-state index contributed by atoms with van der Waals surface area (Å²) in [6.07, 6.45) is 0. The summed E-state index contributed by atoms with van der Waals surface area (Å²) in [7, 11) is 0. The molecule has 0 saturated heterocycles. The van der Waals surface area contributed by atoms with Gasteiger partial charge in [0.05, 0.1) is 8.95 Å². The minimum Gasteiger partial charge on any atom is -0.481 e. The van der Waals surface area contributed by atoms with E-state index in [1.165, 1.54) is 0 Å². The Hall–Kier alpha value is -3.29. The van der Waals surface area contributed by atoms with E-state index in [0.717, 1.165) is 37.4 Å². The first kappa shape index (κ1) is 23.9. The number of rotatable bonds is 9. The van der Waals surface area contributed by atoms with E-state index in [2.05, 4.69) is 42.5 Å². The van der Waals surface area contributed by atoms with Crippen LogP contribution < -0.4 is 20.1 Å². The second-order valence-electron chi connectivity index (χ2n) is 7.38. The third kappa shape index (κ3) is 6.85. The largest absolute Gasteiger partial charge is 0.481 e. The molecule has 34 heavy (non-hydrogen) atoms. The number of hydrogen-bond donors (Lipinski definition) is 2. The molecule has 0 aliphatic carbocycles. The minimum atomic E-state index is -0.226. The van der Waals surface area contributed by atoms with Gasteiger partial charge in [-0.25, -0.2) is 0 Å². The summed E-state index contributed by atoms with van der Waals surface area (Å²) in [5, 5.41) is 6.21. The van der Waals surface area contributed by atoms with Crippen molar-refractivity contribution in [3.05, 3.63) is 112 Å². The summed E-state index contributed by atoms with van der Waals surface area (Å²) in [5.41, 5.74) is 2.75. The standard InChI is InChI=1S/C27H22Br2N2O3/c28-24-15-19(16-25(29)27(24)33-18-26(32)31-21-7-3-1-4-8-21)17-30-20-11-13-23(14-12-20)34-22-9-5-2-6-10-22/h1-16,30H,17-18H2,(H,31,32). The fourth-order valence-corrected chi connectivity index (χ4v) is 4.69. The normalized spacial score (nSPS) is 10.4. The topological polar surface area (TPSA) is 59.6 Å². The highest BCUT2D eigenvalue weighted by Gasteiger charge is 2.12. The number of hydrogen-bond acceptors (Lipinski definition) is 4. The van der Waals surface area contributed by atoms with Crippen LogP contribution in [0.5, 0.6) is 17.2 Å². The molecule has 7 heteroatoms. The number of amides is 1. The first-order valence-corrected chi connectivity index (χ1v) is 12.2.